The van der Waals surface area contributed by atoms with Crippen molar-refractivity contribution in [3.63, 3.8) is 0 Å². The molecular formula is C14H15ClN4O2. The third-order valence-electron chi connectivity index (χ3n) is 2.49. The second kappa shape index (κ2) is 7.44. The van der Waals surface area contributed by atoms with Gasteiger partial charge in [-0.05, 0) is 30.7 Å². The highest BCUT2D eigenvalue weighted by atomic mass is 35.5. The molecule has 7 heteroatoms. The largest absolute Gasteiger partial charge is 0.507 e. The molecule has 0 spiro atoms. The Morgan fingerprint density at radius 2 is 2.19 bits per heavy atom. The van der Waals surface area contributed by atoms with E-state index in [0.29, 0.717) is 28.9 Å². The monoisotopic (exact) mass is 306 g/mol. The van der Waals surface area contributed by atoms with Crippen LogP contribution in [0.1, 0.15) is 18.9 Å². The quantitative estimate of drug-likeness (QED) is 0.633. The lowest BCUT2D eigenvalue weighted by atomic mass is 10.2. The topological polar surface area (TPSA) is 79.6 Å². The molecule has 0 fully saturated rings. The third kappa shape index (κ3) is 4.61. The predicted molar refractivity (Wildman–Crippen MR) is 82.2 cm³/mol. The van der Waals surface area contributed by atoms with Gasteiger partial charge in [0.05, 0.1) is 12.8 Å². The summed E-state index contributed by atoms with van der Waals surface area (Å²) in [6.45, 7) is 2.63. The minimum atomic E-state index is 0.0938. The van der Waals surface area contributed by atoms with Crippen LogP contribution >= 0.6 is 11.6 Å². The van der Waals surface area contributed by atoms with Gasteiger partial charge in [-0.25, -0.2) is 0 Å². The number of phenols is 1. The molecule has 1 aromatic carbocycles. The Hall–Kier alpha value is -2.34. The van der Waals surface area contributed by atoms with E-state index in [1.807, 2.05) is 6.92 Å². The zero-order valence-corrected chi connectivity index (χ0v) is 12.2. The number of nitrogens with zero attached hydrogens (tertiary/aromatic N) is 3. The minimum Gasteiger partial charge on any atom is -0.507 e. The van der Waals surface area contributed by atoms with Crippen LogP contribution in [0.15, 0.2) is 35.4 Å². The highest BCUT2D eigenvalue weighted by molar-refractivity contribution is 6.29. The predicted octanol–water partition coefficient (Wildman–Crippen LogP) is 3.07. The van der Waals surface area contributed by atoms with Crippen LogP contribution in [-0.2, 0) is 0 Å². The van der Waals surface area contributed by atoms with E-state index in [1.165, 1.54) is 6.21 Å². The van der Waals surface area contributed by atoms with Crippen molar-refractivity contribution < 1.29 is 9.84 Å². The molecule has 0 radical (unpaired) electrons. The lowest BCUT2D eigenvalue weighted by Crippen LogP contribution is -1.96. The molecule has 0 bridgehead atoms. The Bertz CT molecular complexity index is 617. The molecule has 2 N–H and O–H groups in total. The van der Waals surface area contributed by atoms with Crippen molar-refractivity contribution >= 4 is 23.6 Å². The van der Waals surface area contributed by atoms with Gasteiger partial charge in [0.25, 0.3) is 0 Å². The van der Waals surface area contributed by atoms with Gasteiger partial charge < -0.3 is 9.84 Å². The Labute approximate surface area is 127 Å². The van der Waals surface area contributed by atoms with Crippen LogP contribution in [0.25, 0.3) is 0 Å². The summed E-state index contributed by atoms with van der Waals surface area (Å²) >= 11 is 5.63. The van der Waals surface area contributed by atoms with Gasteiger partial charge >= 0.3 is 0 Å². The normalized spacial score (nSPS) is 10.8. The number of hydrogen-bond donors (Lipinski definition) is 2. The van der Waals surface area contributed by atoms with Gasteiger partial charge in [0, 0.05) is 11.6 Å². The van der Waals surface area contributed by atoms with Crippen LogP contribution in [-0.4, -0.2) is 28.1 Å². The van der Waals surface area contributed by atoms with Crippen molar-refractivity contribution in [3.8, 4) is 11.5 Å². The summed E-state index contributed by atoms with van der Waals surface area (Å²) < 4.78 is 5.43. The second-order valence-corrected chi connectivity index (χ2v) is 4.57. The minimum absolute atomic E-state index is 0.0938. The Morgan fingerprint density at radius 1 is 1.33 bits per heavy atom. The van der Waals surface area contributed by atoms with E-state index in [9.17, 15) is 5.11 Å². The SMILES string of the molecule is CCCOc1ccc(C=NNc2ccc(Cl)nn2)c(O)c1. The molecule has 110 valence electrons. The highest BCUT2D eigenvalue weighted by Crippen LogP contribution is 2.22. The first-order valence-corrected chi connectivity index (χ1v) is 6.81. The molecule has 0 aliphatic carbocycles. The van der Waals surface area contributed by atoms with E-state index in [-0.39, 0.29) is 5.75 Å². The number of halogens is 1. The van der Waals surface area contributed by atoms with E-state index in [1.54, 1.807) is 30.3 Å². The molecule has 0 aliphatic heterocycles. The smallest absolute Gasteiger partial charge is 0.168 e. The average molecular weight is 307 g/mol. The summed E-state index contributed by atoms with van der Waals surface area (Å²) in [5, 5.41) is 21.6. The molecule has 1 aromatic heterocycles. The number of nitrogens with one attached hydrogen (secondary N) is 1. The van der Waals surface area contributed by atoms with Crippen LogP contribution < -0.4 is 10.2 Å². The molecule has 0 amide bonds. The van der Waals surface area contributed by atoms with Crippen molar-refractivity contribution in [3.05, 3.63) is 41.0 Å². The lowest BCUT2D eigenvalue weighted by molar-refractivity contribution is 0.315. The van der Waals surface area contributed by atoms with Gasteiger partial charge in [-0.3, -0.25) is 5.43 Å². The van der Waals surface area contributed by atoms with Crippen LogP contribution in [0.2, 0.25) is 5.15 Å². The van der Waals surface area contributed by atoms with Gasteiger partial charge in [0.15, 0.2) is 11.0 Å². The average Bonchev–Trinajstić information content (AvgIpc) is 2.49. The summed E-state index contributed by atoms with van der Waals surface area (Å²) in [7, 11) is 0. The molecule has 2 aromatic rings. The number of aromatic nitrogens is 2. The molecule has 2 rings (SSSR count). The summed E-state index contributed by atoms with van der Waals surface area (Å²) in [5.41, 5.74) is 3.25. The van der Waals surface area contributed by atoms with Crippen LogP contribution in [0.3, 0.4) is 0 Å². The van der Waals surface area contributed by atoms with Gasteiger partial charge in [0.2, 0.25) is 0 Å². The fraction of sp³-hybridized carbons (Fsp3) is 0.214. The first-order chi connectivity index (χ1) is 10.2. The van der Waals surface area contributed by atoms with Gasteiger partial charge in [-0.2, -0.15) is 5.10 Å². The number of benzene rings is 1. The van der Waals surface area contributed by atoms with E-state index in [4.69, 9.17) is 16.3 Å². The van der Waals surface area contributed by atoms with Crippen molar-refractivity contribution in [2.75, 3.05) is 12.0 Å². The molecule has 6 nitrogen and oxygen atoms in total. The maximum Gasteiger partial charge on any atom is 0.168 e. The third-order valence-corrected chi connectivity index (χ3v) is 2.69. The summed E-state index contributed by atoms with van der Waals surface area (Å²) in [4.78, 5) is 0. The molecular weight excluding hydrogens is 292 g/mol. The molecule has 21 heavy (non-hydrogen) atoms. The van der Waals surface area contributed by atoms with Crippen LogP contribution in [0.5, 0.6) is 11.5 Å². The van der Waals surface area contributed by atoms with E-state index in [2.05, 4.69) is 20.7 Å². The molecule has 1 heterocycles. The number of ether oxygens (including phenoxy) is 1. The second-order valence-electron chi connectivity index (χ2n) is 4.18. The Balaban J connectivity index is 1.98. The fourth-order valence-electron chi connectivity index (χ4n) is 1.49. The molecule has 0 unspecified atom stereocenters. The maximum absolute atomic E-state index is 9.88. The zero-order chi connectivity index (χ0) is 15.1. The van der Waals surface area contributed by atoms with E-state index < -0.39 is 0 Å². The Kier molecular flexibility index (Phi) is 5.34. The maximum atomic E-state index is 9.88. The molecule has 0 saturated heterocycles. The van der Waals surface area contributed by atoms with E-state index in [0.717, 1.165) is 6.42 Å². The van der Waals surface area contributed by atoms with Gasteiger partial charge in [0.1, 0.15) is 11.5 Å². The number of aromatic hydroxyl groups is 1. The summed E-state index contributed by atoms with van der Waals surface area (Å²) in [5.74, 6) is 1.18. The molecule has 0 aliphatic rings. The van der Waals surface area contributed by atoms with Crippen molar-refractivity contribution in [1.29, 1.82) is 0 Å². The van der Waals surface area contributed by atoms with Crippen molar-refractivity contribution in [2.24, 2.45) is 5.10 Å². The number of phenolic OH excluding ortho intramolecular Hbond substituents is 1. The number of hydrazone groups is 1. The fourth-order valence-corrected chi connectivity index (χ4v) is 1.59. The van der Waals surface area contributed by atoms with Crippen LogP contribution in [0.4, 0.5) is 5.82 Å². The van der Waals surface area contributed by atoms with Crippen molar-refractivity contribution in [2.45, 2.75) is 13.3 Å². The van der Waals surface area contributed by atoms with Gasteiger partial charge in [-0.15, -0.1) is 10.2 Å². The first-order valence-electron chi connectivity index (χ1n) is 6.43. The first kappa shape index (κ1) is 15.1. The highest BCUT2D eigenvalue weighted by Gasteiger charge is 2.01. The van der Waals surface area contributed by atoms with E-state index >= 15 is 0 Å². The Morgan fingerprint density at radius 3 is 2.86 bits per heavy atom. The molecule has 0 atom stereocenters. The van der Waals surface area contributed by atoms with Crippen LogP contribution in [0, 0.1) is 0 Å². The number of hydrogen-bond acceptors (Lipinski definition) is 6. The van der Waals surface area contributed by atoms with Gasteiger partial charge in [-0.1, -0.05) is 18.5 Å². The summed E-state index contributed by atoms with van der Waals surface area (Å²) in [6.07, 6.45) is 2.39. The summed E-state index contributed by atoms with van der Waals surface area (Å²) in [6, 6.07) is 8.30. The van der Waals surface area contributed by atoms with Crippen molar-refractivity contribution in [1.82, 2.24) is 10.2 Å². The molecule has 0 saturated carbocycles. The standard InChI is InChI=1S/C14H15ClN4O2/c1-2-7-21-11-4-3-10(12(20)8-11)9-16-18-14-6-5-13(15)17-19-14/h3-6,8-9,20H,2,7H2,1H3,(H,18,19). The number of anilines is 1. The number of rotatable bonds is 6. The lowest BCUT2D eigenvalue weighted by Gasteiger charge is -2.06. The zero-order valence-electron chi connectivity index (χ0n) is 11.5.